The van der Waals surface area contributed by atoms with Crippen LogP contribution in [0.3, 0.4) is 0 Å². The van der Waals surface area contributed by atoms with Crippen LogP contribution in [0.4, 0.5) is 5.69 Å². The summed E-state index contributed by atoms with van der Waals surface area (Å²) in [6, 6.07) is 10.4. The molecule has 2 N–H and O–H groups in total. The third-order valence-corrected chi connectivity index (χ3v) is 3.94. The van der Waals surface area contributed by atoms with Crippen LogP contribution in [0, 0.1) is 3.57 Å². The van der Waals surface area contributed by atoms with Crippen molar-refractivity contribution >= 4 is 40.5 Å². The van der Waals surface area contributed by atoms with Crippen molar-refractivity contribution in [1.82, 2.24) is 0 Å². The van der Waals surface area contributed by atoms with Gasteiger partial charge in [0.05, 0.1) is 12.2 Å². The molecule has 0 fully saturated rings. The third-order valence-electron chi connectivity index (χ3n) is 3.00. The molecule has 0 amide bonds. The van der Waals surface area contributed by atoms with Crippen molar-refractivity contribution in [3.8, 4) is 11.1 Å². The van der Waals surface area contributed by atoms with Crippen LogP contribution in [0.25, 0.3) is 11.1 Å². The van der Waals surface area contributed by atoms with Crippen LogP contribution in [0.5, 0.6) is 0 Å². The Morgan fingerprint density at radius 1 is 1.29 bits per heavy atom. The van der Waals surface area contributed by atoms with Gasteiger partial charge in [0.25, 0.3) is 0 Å². The Labute approximate surface area is 136 Å². The number of ether oxygens (including phenoxy) is 1. The van der Waals surface area contributed by atoms with Gasteiger partial charge in [0.1, 0.15) is 0 Å². The molecule has 0 saturated carbocycles. The van der Waals surface area contributed by atoms with E-state index in [1.807, 2.05) is 12.1 Å². The Kier molecular flexibility index (Phi) is 4.95. The van der Waals surface area contributed by atoms with Crippen molar-refractivity contribution in [3.63, 3.8) is 0 Å². The van der Waals surface area contributed by atoms with E-state index >= 15 is 0 Å². The average Bonchev–Trinajstić information content (AvgIpc) is 2.48. The SMILES string of the molecule is CCOC(=O)c1ccc(N)c(-c2ccc(C=O)c(I)c2)c1. The van der Waals surface area contributed by atoms with Crippen LogP contribution < -0.4 is 5.73 Å². The van der Waals surface area contributed by atoms with Crippen LogP contribution in [-0.4, -0.2) is 18.9 Å². The number of halogens is 1. The second-order valence-corrected chi connectivity index (χ2v) is 5.54. The standard InChI is InChI=1S/C16H14INO3/c1-2-21-16(20)11-5-6-15(18)13(7-11)10-3-4-12(9-19)14(17)8-10/h3-9H,2,18H2,1H3. The Morgan fingerprint density at radius 3 is 2.67 bits per heavy atom. The highest BCUT2D eigenvalue weighted by Crippen LogP contribution is 2.29. The van der Waals surface area contributed by atoms with Gasteiger partial charge in [-0.05, 0) is 59.3 Å². The number of carbonyl (C=O) groups is 2. The summed E-state index contributed by atoms with van der Waals surface area (Å²) in [4.78, 5) is 22.7. The van der Waals surface area contributed by atoms with Crippen LogP contribution in [0.15, 0.2) is 36.4 Å². The van der Waals surface area contributed by atoms with Gasteiger partial charge >= 0.3 is 5.97 Å². The maximum absolute atomic E-state index is 11.8. The molecular formula is C16H14INO3. The molecule has 0 atom stereocenters. The van der Waals surface area contributed by atoms with E-state index < -0.39 is 0 Å². The first kappa shape index (κ1) is 15.5. The minimum absolute atomic E-state index is 0.324. The molecule has 2 aromatic carbocycles. The minimum atomic E-state index is -0.377. The summed E-state index contributed by atoms with van der Waals surface area (Å²) >= 11 is 2.10. The van der Waals surface area contributed by atoms with Gasteiger partial charge in [-0.2, -0.15) is 0 Å². The number of aldehydes is 1. The number of benzene rings is 2. The fourth-order valence-corrected chi connectivity index (χ4v) is 2.58. The van der Waals surface area contributed by atoms with Crippen LogP contribution in [0.2, 0.25) is 0 Å². The molecule has 0 aliphatic heterocycles. The monoisotopic (exact) mass is 395 g/mol. The molecule has 0 unspecified atom stereocenters. The Morgan fingerprint density at radius 2 is 2.05 bits per heavy atom. The molecule has 0 aliphatic rings. The van der Waals surface area contributed by atoms with Crippen LogP contribution >= 0.6 is 22.6 Å². The van der Waals surface area contributed by atoms with Gasteiger partial charge in [-0.3, -0.25) is 4.79 Å². The maximum Gasteiger partial charge on any atom is 0.338 e. The van der Waals surface area contributed by atoms with Crippen molar-refractivity contribution in [3.05, 3.63) is 51.1 Å². The largest absolute Gasteiger partial charge is 0.462 e. The first-order valence-electron chi connectivity index (χ1n) is 6.38. The number of anilines is 1. The highest BCUT2D eigenvalue weighted by molar-refractivity contribution is 14.1. The summed E-state index contributed by atoms with van der Waals surface area (Å²) in [5.74, 6) is -0.377. The predicted molar refractivity (Wildman–Crippen MR) is 90.4 cm³/mol. The predicted octanol–water partition coefficient (Wildman–Crippen LogP) is 3.53. The Hall–Kier alpha value is -1.89. The summed E-state index contributed by atoms with van der Waals surface area (Å²) in [6.07, 6.45) is 0.809. The smallest absolute Gasteiger partial charge is 0.338 e. The average molecular weight is 395 g/mol. The zero-order chi connectivity index (χ0) is 15.4. The summed E-state index contributed by atoms with van der Waals surface area (Å²) in [7, 11) is 0. The van der Waals surface area contributed by atoms with E-state index in [0.29, 0.717) is 23.4 Å². The van der Waals surface area contributed by atoms with E-state index in [9.17, 15) is 9.59 Å². The highest BCUT2D eigenvalue weighted by Gasteiger charge is 2.11. The van der Waals surface area contributed by atoms with Gasteiger partial charge in [0, 0.05) is 20.4 Å². The molecule has 4 nitrogen and oxygen atoms in total. The quantitative estimate of drug-likeness (QED) is 0.372. The van der Waals surface area contributed by atoms with Gasteiger partial charge in [-0.25, -0.2) is 4.79 Å². The topological polar surface area (TPSA) is 69.4 Å². The lowest BCUT2D eigenvalue weighted by Gasteiger charge is -2.10. The lowest BCUT2D eigenvalue weighted by molar-refractivity contribution is 0.0526. The van der Waals surface area contributed by atoms with E-state index in [2.05, 4.69) is 22.6 Å². The van der Waals surface area contributed by atoms with Gasteiger partial charge < -0.3 is 10.5 Å². The van der Waals surface area contributed by atoms with Crippen molar-refractivity contribution in [2.24, 2.45) is 0 Å². The van der Waals surface area contributed by atoms with Crippen LogP contribution in [0.1, 0.15) is 27.6 Å². The molecule has 0 heterocycles. The minimum Gasteiger partial charge on any atom is -0.462 e. The van der Waals surface area contributed by atoms with Gasteiger partial charge in [-0.1, -0.05) is 12.1 Å². The van der Waals surface area contributed by atoms with E-state index in [1.165, 1.54) is 0 Å². The van der Waals surface area contributed by atoms with E-state index in [1.54, 1.807) is 31.2 Å². The van der Waals surface area contributed by atoms with Gasteiger partial charge in [-0.15, -0.1) is 0 Å². The molecule has 108 valence electrons. The molecule has 5 heteroatoms. The number of nitrogen functional groups attached to an aromatic ring is 1. The van der Waals surface area contributed by atoms with Gasteiger partial charge in [0.2, 0.25) is 0 Å². The number of carbonyl (C=O) groups excluding carboxylic acids is 2. The highest BCUT2D eigenvalue weighted by atomic mass is 127. The molecule has 0 radical (unpaired) electrons. The first-order chi connectivity index (χ1) is 10.1. The van der Waals surface area contributed by atoms with Gasteiger partial charge in [0.15, 0.2) is 6.29 Å². The first-order valence-corrected chi connectivity index (χ1v) is 7.46. The zero-order valence-corrected chi connectivity index (χ0v) is 13.6. The molecular weight excluding hydrogens is 381 g/mol. The summed E-state index contributed by atoms with van der Waals surface area (Å²) < 4.78 is 5.83. The van der Waals surface area contributed by atoms with Crippen molar-refractivity contribution in [1.29, 1.82) is 0 Å². The van der Waals surface area contributed by atoms with E-state index in [4.69, 9.17) is 10.5 Å². The molecule has 2 aromatic rings. The van der Waals surface area contributed by atoms with Crippen molar-refractivity contribution in [2.45, 2.75) is 6.92 Å². The maximum atomic E-state index is 11.8. The molecule has 0 spiro atoms. The summed E-state index contributed by atoms with van der Waals surface area (Å²) in [5.41, 5.74) is 9.24. The second kappa shape index (κ2) is 6.71. The fraction of sp³-hybridized carbons (Fsp3) is 0.125. The molecule has 0 aliphatic carbocycles. The Balaban J connectivity index is 2.47. The normalized spacial score (nSPS) is 10.2. The lowest BCUT2D eigenvalue weighted by Crippen LogP contribution is -2.05. The number of esters is 1. The number of hydrogen-bond donors (Lipinski definition) is 1. The summed E-state index contributed by atoms with van der Waals surface area (Å²) in [5, 5.41) is 0. The molecule has 0 saturated heterocycles. The molecule has 0 bridgehead atoms. The third kappa shape index (κ3) is 3.41. The lowest BCUT2D eigenvalue weighted by atomic mass is 10.00. The summed E-state index contributed by atoms with van der Waals surface area (Å²) in [6.45, 7) is 2.08. The van der Waals surface area contributed by atoms with Crippen molar-refractivity contribution in [2.75, 3.05) is 12.3 Å². The van der Waals surface area contributed by atoms with Crippen molar-refractivity contribution < 1.29 is 14.3 Å². The number of hydrogen-bond acceptors (Lipinski definition) is 4. The molecule has 21 heavy (non-hydrogen) atoms. The number of nitrogens with two attached hydrogens (primary N) is 1. The Bertz CT molecular complexity index is 698. The van der Waals surface area contributed by atoms with E-state index in [-0.39, 0.29) is 5.97 Å². The molecule has 2 rings (SSSR count). The van der Waals surface area contributed by atoms with E-state index in [0.717, 1.165) is 21.0 Å². The second-order valence-electron chi connectivity index (χ2n) is 4.38. The number of rotatable bonds is 4. The van der Waals surface area contributed by atoms with Crippen LogP contribution in [-0.2, 0) is 4.74 Å². The fourth-order valence-electron chi connectivity index (χ4n) is 1.94. The zero-order valence-electron chi connectivity index (χ0n) is 11.4. The molecule has 0 aromatic heterocycles.